The van der Waals surface area contributed by atoms with Gasteiger partial charge in [-0.05, 0) is 40.0 Å². The first kappa shape index (κ1) is 13.5. The van der Waals surface area contributed by atoms with Gasteiger partial charge in [-0.1, -0.05) is 12.5 Å². The monoisotopic (exact) mass is 199 g/mol. The standard InChI is InChI=1S/C12H25NO/c1-9(2)11(4)13-12(5)10(3)7-8-14-6/h10,12-13H,7-8H2,1-6H3. The summed E-state index contributed by atoms with van der Waals surface area (Å²) in [5.41, 5.74) is 2.65. The molecule has 0 aliphatic rings. The lowest BCUT2D eigenvalue weighted by Gasteiger charge is -2.23. The highest BCUT2D eigenvalue weighted by Crippen LogP contribution is 2.10. The second-order valence-corrected chi connectivity index (χ2v) is 4.32. The molecule has 0 fully saturated rings. The summed E-state index contributed by atoms with van der Waals surface area (Å²) in [6.07, 6.45) is 1.11. The van der Waals surface area contributed by atoms with Gasteiger partial charge in [-0.3, -0.25) is 0 Å². The van der Waals surface area contributed by atoms with Crippen molar-refractivity contribution in [2.24, 2.45) is 5.92 Å². The van der Waals surface area contributed by atoms with Gasteiger partial charge < -0.3 is 10.1 Å². The number of ether oxygens (including phenoxy) is 1. The van der Waals surface area contributed by atoms with E-state index in [0.717, 1.165) is 13.0 Å². The second kappa shape index (κ2) is 6.88. The Hall–Kier alpha value is -0.500. The summed E-state index contributed by atoms with van der Waals surface area (Å²) in [5.74, 6) is 0.643. The Kier molecular flexibility index (Phi) is 6.64. The molecule has 0 rings (SSSR count). The highest BCUT2D eigenvalue weighted by Gasteiger charge is 2.11. The fourth-order valence-electron chi connectivity index (χ4n) is 1.18. The summed E-state index contributed by atoms with van der Waals surface area (Å²) in [6, 6.07) is 0.514. The number of hydrogen-bond acceptors (Lipinski definition) is 2. The van der Waals surface area contributed by atoms with Crippen molar-refractivity contribution in [1.29, 1.82) is 0 Å². The molecule has 2 atom stereocenters. The lowest BCUT2D eigenvalue weighted by molar-refractivity contribution is 0.173. The Bertz CT molecular complexity index is 183. The van der Waals surface area contributed by atoms with Crippen molar-refractivity contribution in [3.8, 4) is 0 Å². The summed E-state index contributed by atoms with van der Waals surface area (Å²) in [6.45, 7) is 11.7. The number of rotatable bonds is 6. The molecule has 0 amide bonds. The van der Waals surface area contributed by atoms with Gasteiger partial charge in [0.25, 0.3) is 0 Å². The zero-order valence-corrected chi connectivity index (χ0v) is 10.5. The molecule has 0 radical (unpaired) electrons. The Morgan fingerprint density at radius 1 is 1.21 bits per heavy atom. The van der Waals surface area contributed by atoms with Gasteiger partial charge in [-0.15, -0.1) is 0 Å². The van der Waals surface area contributed by atoms with Crippen LogP contribution in [0.15, 0.2) is 11.3 Å². The molecule has 2 heteroatoms. The smallest absolute Gasteiger partial charge is 0.0465 e. The zero-order valence-electron chi connectivity index (χ0n) is 10.5. The molecular weight excluding hydrogens is 174 g/mol. The number of hydrogen-bond donors (Lipinski definition) is 1. The third-order valence-corrected chi connectivity index (χ3v) is 2.83. The van der Waals surface area contributed by atoms with Crippen LogP contribution in [0, 0.1) is 5.92 Å². The largest absolute Gasteiger partial charge is 0.386 e. The topological polar surface area (TPSA) is 21.3 Å². The highest BCUT2D eigenvalue weighted by atomic mass is 16.5. The van der Waals surface area contributed by atoms with E-state index in [9.17, 15) is 0 Å². The van der Waals surface area contributed by atoms with Crippen LogP contribution >= 0.6 is 0 Å². The average Bonchev–Trinajstić information content (AvgIpc) is 2.13. The first-order chi connectivity index (χ1) is 6.49. The molecule has 0 saturated carbocycles. The van der Waals surface area contributed by atoms with Gasteiger partial charge in [0.05, 0.1) is 0 Å². The summed E-state index contributed by atoms with van der Waals surface area (Å²) >= 11 is 0. The predicted molar refractivity (Wildman–Crippen MR) is 62.3 cm³/mol. The lowest BCUT2D eigenvalue weighted by atomic mass is 10.00. The van der Waals surface area contributed by atoms with Crippen LogP contribution in [0.25, 0.3) is 0 Å². The van der Waals surface area contributed by atoms with Crippen LogP contribution in [0.5, 0.6) is 0 Å². The van der Waals surface area contributed by atoms with Crippen molar-refractivity contribution in [2.45, 2.75) is 47.1 Å². The van der Waals surface area contributed by atoms with Crippen LogP contribution in [0.2, 0.25) is 0 Å². The van der Waals surface area contributed by atoms with Gasteiger partial charge in [0.1, 0.15) is 0 Å². The third-order valence-electron chi connectivity index (χ3n) is 2.83. The Balaban J connectivity index is 3.95. The molecule has 0 aliphatic heterocycles. The molecule has 1 N–H and O–H groups in total. The maximum absolute atomic E-state index is 5.08. The third kappa shape index (κ3) is 5.28. The Morgan fingerprint density at radius 2 is 1.79 bits per heavy atom. The molecule has 0 aromatic heterocycles. The zero-order chi connectivity index (χ0) is 11.1. The van der Waals surface area contributed by atoms with Crippen molar-refractivity contribution < 1.29 is 4.74 Å². The molecule has 14 heavy (non-hydrogen) atoms. The van der Waals surface area contributed by atoms with Crippen LogP contribution in [0.4, 0.5) is 0 Å². The second-order valence-electron chi connectivity index (χ2n) is 4.32. The lowest BCUT2D eigenvalue weighted by Crippen LogP contribution is -2.31. The molecule has 84 valence electrons. The molecule has 0 spiro atoms. The van der Waals surface area contributed by atoms with E-state index in [0.29, 0.717) is 12.0 Å². The van der Waals surface area contributed by atoms with Crippen LogP contribution in [-0.4, -0.2) is 19.8 Å². The Labute approximate surface area is 88.7 Å². The summed E-state index contributed by atoms with van der Waals surface area (Å²) in [5, 5.41) is 3.51. The Morgan fingerprint density at radius 3 is 2.21 bits per heavy atom. The molecule has 0 aromatic rings. The van der Waals surface area contributed by atoms with Crippen LogP contribution < -0.4 is 5.32 Å². The SMILES string of the molecule is COCCC(C)C(C)NC(C)=C(C)C. The van der Waals surface area contributed by atoms with Gasteiger partial charge in [0.2, 0.25) is 0 Å². The van der Waals surface area contributed by atoms with Crippen LogP contribution in [-0.2, 0) is 4.74 Å². The van der Waals surface area contributed by atoms with Crippen LogP contribution in [0.1, 0.15) is 41.0 Å². The van der Waals surface area contributed by atoms with Gasteiger partial charge >= 0.3 is 0 Å². The molecule has 0 aromatic carbocycles. The molecule has 0 bridgehead atoms. The van der Waals surface area contributed by atoms with Crippen molar-refractivity contribution in [3.05, 3.63) is 11.3 Å². The fraction of sp³-hybridized carbons (Fsp3) is 0.833. The highest BCUT2D eigenvalue weighted by molar-refractivity contribution is 5.05. The van der Waals surface area contributed by atoms with Gasteiger partial charge in [0, 0.05) is 25.5 Å². The van der Waals surface area contributed by atoms with E-state index in [1.54, 1.807) is 7.11 Å². The first-order valence-electron chi connectivity index (χ1n) is 5.38. The number of nitrogens with one attached hydrogen (secondary N) is 1. The summed E-state index contributed by atoms with van der Waals surface area (Å²) in [7, 11) is 1.76. The van der Waals surface area contributed by atoms with Gasteiger partial charge in [-0.2, -0.15) is 0 Å². The van der Waals surface area contributed by atoms with E-state index in [-0.39, 0.29) is 0 Å². The van der Waals surface area contributed by atoms with E-state index in [1.807, 2.05) is 0 Å². The van der Waals surface area contributed by atoms with Crippen LogP contribution in [0.3, 0.4) is 0 Å². The van der Waals surface area contributed by atoms with E-state index >= 15 is 0 Å². The van der Waals surface area contributed by atoms with E-state index < -0.39 is 0 Å². The van der Waals surface area contributed by atoms with Crippen molar-refractivity contribution in [3.63, 3.8) is 0 Å². The van der Waals surface area contributed by atoms with E-state index in [2.05, 4.69) is 39.9 Å². The van der Waals surface area contributed by atoms with E-state index in [4.69, 9.17) is 4.74 Å². The molecular formula is C12H25NO. The first-order valence-corrected chi connectivity index (χ1v) is 5.38. The minimum Gasteiger partial charge on any atom is -0.386 e. The summed E-state index contributed by atoms with van der Waals surface area (Å²) < 4.78 is 5.08. The molecule has 2 unspecified atom stereocenters. The molecule has 0 heterocycles. The minimum absolute atomic E-state index is 0.514. The summed E-state index contributed by atoms with van der Waals surface area (Å²) in [4.78, 5) is 0. The normalized spacial score (nSPS) is 14.7. The fourth-order valence-corrected chi connectivity index (χ4v) is 1.18. The van der Waals surface area contributed by atoms with Gasteiger partial charge in [-0.25, -0.2) is 0 Å². The number of allylic oxidation sites excluding steroid dienone is 2. The van der Waals surface area contributed by atoms with Crippen molar-refractivity contribution in [2.75, 3.05) is 13.7 Å². The molecule has 2 nitrogen and oxygen atoms in total. The predicted octanol–water partition coefficient (Wildman–Crippen LogP) is 2.95. The van der Waals surface area contributed by atoms with Crippen molar-refractivity contribution in [1.82, 2.24) is 5.32 Å². The molecule has 0 saturated heterocycles. The molecule has 0 aliphatic carbocycles. The van der Waals surface area contributed by atoms with Gasteiger partial charge in [0.15, 0.2) is 0 Å². The van der Waals surface area contributed by atoms with Crippen molar-refractivity contribution >= 4 is 0 Å². The maximum Gasteiger partial charge on any atom is 0.0465 e. The average molecular weight is 199 g/mol. The quantitative estimate of drug-likeness (QED) is 0.710. The minimum atomic E-state index is 0.514. The maximum atomic E-state index is 5.08. The number of methoxy groups -OCH3 is 1. The van der Waals surface area contributed by atoms with E-state index in [1.165, 1.54) is 11.3 Å².